The molecule has 2 aliphatic heterocycles. The van der Waals surface area contributed by atoms with Crippen LogP contribution in [0, 0.1) is 5.92 Å². The Labute approximate surface area is 119 Å². The van der Waals surface area contributed by atoms with Crippen LogP contribution in [0.2, 0.25) is 5.02 Å². The predicted molar refractivity (Wildman–Crippen MR) is 76.1 cm³/mol. The predicted octanol–water partition coefficient (Wildman–Crippen LogP) is 3.39. The van der Waals surface area contributed by atoms with Gasteiger partial charge in [-0.1, -0.05) is 11.6 Å². The summed E-state index contributed by atoms with van der Waals surface area (Å²) < 4.78 is 11.5. The highest BCUT2D eigenvalue weighted by atomic mass is 35.5. The lowest BCUT2D eigenvalue weighted by Gasteiger charge is -2.22. The van der Waals surface area contributed by atoms with E-state index in [0.29, 0.717) is 16.7 Å². The topological polar surface area (TPSA) is 30.5 Å². The standard InChI is InChI=1S/C15H20ClNO2/c1-15(2)18-13-8-11(7-12(16)14(13)19-15)6-10-4-3-5-17-9-10/h7-8,10,17H,3-6,9H2,1-2H3. The first-order chi connectivity index (χ1) is 9.03. The fourth-order valence-electron chi connectivity index (χ4n) is 2.88. The van der Waals surface area contributed by atoms with Gasteiger partial charge in [0.2, 0.25) is 5.79 Å². The van der Waals surface area contributed by atoms with Crippen LogP contribution in [-0.2, 0) is 6.42 Å². The lowest BCUT2D eigenvalue weighted by molar-refractivity contribution is -0.0431. The van der Waals surface area contributed by atoms with Crippen LogP contribution in [0.4, 0.5) is 0 Å². The highest BCUT2D eigenvalue weighted by Gasteiger charge is 2.33. The zero-order chi connectivity index (χ0) is 13.5. The molecule has 104 valence electrons. The molecule has 2 aliphatic rings. The maximum Gasteiger partial charge on any atom is 0.246 e. The summed E-state index contributed by atoms with van der Waals surface area (Å²) in [6.07, 6.45) is 3.59. The zero-order valence-corrected chi connectivity index (χ0v) is 12.2. The molecule has 1 unspecified atom stereocenters. The third kappa shape index (κ3) is 2.82. The summed E-state index contributed by atoms with van der Waals surface area (Å²) in [4.78, 5) is 0. The number of halogens is 1. The van der Waals surface area contributed by atoms with Crippen molar-refractivity contribution in [2.45, 2.75) is 38.9 Å². The highest BCUT2D eigenvalue weighted by molar-refractivity contribution is 6.32. The third-order valence-electron chi connectivity index (χ3n) is 3.70. The maximum atomic E-state index is 6.30. The molecule has 19 heavy (non-hydrogen) atoms. The van der Waals surface area contributed by atoms with Crippen LogP contribution >= 0.6 is 11.6 Å². The first-order valence-corrected chi connectivity index (χ1v) is 7.32. The normalized spacial score (nSPS) is 24.5. The van der Waals surface area contributed by atoms with Gasteiger partial charge in [0.05, 0.1) is 5.02 Å². The summed E-state index contributed by atoms with van der Waals surface area (Å²) >= 11 is 6.30. The van der Waals surface area contributed by atoms with Crippen molar-refractivity contribution in [3.8, 4) is 11.5 Å². The molecule has 0 amide bonds. The van der Waals surface area contributed by atoms with Crippen LogP contribution in [-0.4, -0.2) is 18.9 Å². The second kappa shape index (κ2) is 4.88. The molecule has 0 bridgehead atoms. The van der Waals surface area contributed by atoms with Gasteiger partial charge in [-0.2, -0.15) is 0 Å². The van der Waals surface area contributed by atoms with Gasteiger partial charge >= 0.3 is 0 Å². The summed E-state index contributed by atoms with van der Waals surface area (Å²) in [6, 6.07) is 4.09. The molecule has 1 saturated heterocycles. The van der Waals surface area contributed by atoms with Gasteiger partial charge < -0.3 is 14.8 Å². The molecule has 1 aromatic carbocycles. The van der Waals surface area contributed by atoms with Crippen molar-refractivity contribution in [1.29, 1.82) is 0 Å². The molecule has 2 heterocycles. The molecule has 1 fully saturated rings. The van der Waals surface area contributed by atoms with Gasteiger partial charge in [-0.05, 0) is 56.0 Å². The van der Waals surface area contributed by atoms with E-state index < -0.39 is 5.79 Å². The largest absolute Gasteiger partial charge is 0.449 e. The van der Waals surface area contributed by atoms with Crippen LogP contribution in [0.1, 0.15) is 32.3 Å². The summed E-state index contributed by atoms with van der Waals surface area (Å²) in [6.45, 7) is 6.03. The van der Waals surface area contributed by atoms with Gasteiger partial charge in [-0.25, -0.2) is 0 Å². The van der Waals surface area contributed by atoms with E-state index in [1.807, 2.05) is 19.9 Å². The number of fused-ring (bicyclic) bond motifs is 1. The lowest BCUT2D eigenvalue weighted by atomic mass is 9.92. The fraction of sp³-hybridized carbons (Fsp3) is 0.600. The van der Waals surface area contributed by atoms with Gasteiger partial charge in [-0.15, -0.1) is 0 Å². The molecule has 3 rings (SSSR count). The van der Waals surface area contributed by atoms with Crippen LogP contribution in [0.15, 0.2) is 12.1 Å². The number of rotatable bonds is 2. The van der Waals surface area contributed by atoms with Gasteiger partial charge in [0.25, 0.3) is 0 Å². The molecule has 0 spiro atoms. The summed E-state index contributed by atoms with van der Waals surface area (Å²) in [5.41, 5.74) is 1.23. The van der Waals surface area contributed by atoms with E-state index in [1.165, 1.54) is 18.4 Å². The van der Waals surface area contributed by atoms with Crippen LogP contribution < -0.4 is 14.8 Å². The Hall–Kier alpha value is -0.930. The van der Waals surface area contributed by atoms with E-state index in [9.17, 15) is 0 Å². The van der Waals surface area contributed by atoms with E-state index in [4.69, 9.17) is 21.1 Å². The fourth-order valence-corrected chi connectivity index (χ4v) is 3.15. The molecule has 0 aliphatic carbocycles. The Morgan fingerprint density at radius 1 is 1.37 bits per heavy atom. The van der Waals surface area contributed by atoms with E-state index >= 15 is 0 Å². The van der Waals surface area contributed by atoms with Crippen LogP contribution in [0.3, 0.4) is 0 Å². The third-order valence-corrected chi connectivity index (χ3v) is 3.98. The SMILES string of the molecule is CC1(C)Oc2cc(CC3CCCNC3)cc(Cl)c2O1. The maximum absolute atomic E-state index is 6.30. The Bertz CT molecular complexity index is 481. The molecule has 3 nitrogen and oxygen atoms in total. The van der Waals surface area contributed by atoms with Crippen molar-refractivity contribution in [3.05, 3.63) is 22.7 Å². The van der Waals surface area contributed by atoms with E-state index in [1.54, 1.807) is 0 Å². The molecular weight excluding hydrogens is 262 g/mol. The number of hydrogen-bond donors (Lipinski definition) is 1. The Kier molecular flexibility index (Phi) is 3.35. The summed E-state index contributed by atoms with van der Waals surface area (Å²) in [7, 11) is 0. The quantitative estimate of drug-likeness (QED) is 0.901. The van der Waals surface area contributed by atoms with E-state index in [2.05, 4.69) is 11.4 Å². The zero-order valence-electron chi connectivity index (χ0n) is 11.5. The van der Waals surface area contributed by atoms with Crippen molar-refractivity contribution < 1.29 is 9.47 Å². The van der Waals surface area contributed by atoms with E-state index in [0.717, 1.165) is 25.3 Å². The van der Waals surface area contributed by atoms with Gasteiger partial charge in [0.1, 0.15) is 0 Å². The second-order valence-electron chi connectivity index (χ2n) is 5.93. The van der Waals surface area contributed by atoms with E-state index in [-0.39, 0.29) is 0 Å². The van der Waals surface area contributed by atoms with Crippen molar-refractivity contribution in [2.24, 2.45) is 5.92 Å². The minimum Gasteiger partial charge on any atom is -0.449 e. The second-order valence-corrected chi connectivity index (χ2v) is 6.33. The molecule has 0 radical (unpaired) electrons. The molecular formula is C15H20ClNO2. The van der Waals surface area contributed by atoms with Gasteiger partial charge in [0.15, 0.2) is 11.5 Å². The average Bonchev–Trinajstić information content (AvgIpc) is 2.65. The van der Waals surface area contributed by atoms with Crippen molar-refractivity contribution in [1.82, 2.24) is 5.32 Å². The highest BCUT2D eigenvalue weighted by Crippen LogP contribution is 2.45. The van der Waals surface area contributed by atoms with Crippen molar-refractivity contribution in [3.63, 3.8) is 0 Å². The van der Waals surface area contributed by atoms with Gasteiger partial charge in [0, 0.05) is 13.8 Å². The van der Waals surface area contributed by atoms with Crippen molar-refractivity contribution >= 4 is 11.6 Å². The first-order valence-electron chi connectivity index (χ1n) is 6.95. The summed E-state index contributed by atoms with van der Waals surface area (Å²) in [5, 5.41) is 4.10. The molecule has 0 aromatic heterocycles. The number of nitrogens with one attached hydrogen (secondary N) is 1. The smallest absolute Gasteiger partial charge is 0.246 e. The first kappa shape index (κ1) is 13.1. The van der Waals surface area contributed by atoms with Gasteiger partial charge in [-0.3, -0.25) is 0 Å². The monoisotopic (exact) mass is 281 g/mol. The number of hydrogen-bond acceptors (Lipinski definition) is 3. The number of benzene rings is 1. The van der Waals surface area contributed by atoms with Crippen LogP contribution in [0.25, 0.3) is 0 Å². The Morgan fingerprint density at radius 3 is 2.95 bits per heavy atom. The summed E-state index contributed by atoms with van der Waals surface area (Å²) in [5.74, 6) is 1.53. The minimum atomic E-state index is -0.614. The molecule has 1 N–H and O–H groups in total. The molecule has 4 heteroatoms. The Balaban J connectivity index is 1.79. The molecule has 1 atom stereocenters. The number of ether oxygens (including phenoxy) is 2. The van der Waals surface area contributed by atoms with Crippen molar-refractivity contribution in [2.75, 3.05) is 13.1 Å². The minimum absolute atomic E-state index is 0.614. The molecule has 0 saturated carbocycles. The Morgan fingerprint density at radius 2 is 2.21 bits per heavy atom. The van der Waals surface area contributed by atoms with Crippen LogP contribution in [0.5, 0.6) is 11.5 Å². The lowest BCUT2D eigenvalue weighted by Crippen LogP contribution is -2.30. The molecule has 1 aromatic rings. The average molecular weight is 282 g/mol. The number of piperidine rings is 1.